The molecule has 1 unspecified atom stereocenters. The summed E-state index contributed by atoms with van der Waals surface area (Å²) in [6.45, 7) is 12.5. The van der Waals surface area contributed by atoms with Gasteiger partial charge in [-0.1, -0.05) is 33.3 Å². The van der Waals surface area contributed by atoms with Crippen molar-refractivity contribution >= 4 is 0 Å². The molecule has 0 saturated carbocycles. The van der Waals surface area contributed by atoms with Crippen molar-refractivity contribution in [1.82, 2.24) is 4.90 Å². The van der Waals surface area contributed by atoms with Crippen LogP contribution in [0.15, 0.2) is 18.2 Å². The molecule has 0 aliphatic heterocycles. The molecule has 0 amide bonds. The molecule has 2 N–H and O–H groups in total. The van der Waals surface area contributed by atoms with Gasteiger partial charge in [0.25, 0.3) is 0 Å². The second-order valence-corrected chi connectivity index (χ2v) is 5.72. The number of hydrogen-bond donors (Lipinski definition) is 1. The van der Waals surface area contributed by atoms with E-state index in [2.05, 4.69) is 37.8 Å². The lowest BCUT2D eigenvalue weighted by Gasteiger charge is -2.30. The molecular formula is C19H34N2O2. The van der Waals surface area contributed by atoms with Gasteiger partial charge in [-0.25, -0.2) is 0 Å². The fourth-order valence-corrected chi connectivity index (χ4v) is 2.72. The van der Waals surface area contributed by atoms with Crippen molar-refractivity contribution in [3.8, 4) is 11.5 Å². The zero-order valence-corrected chi connectivity index (χ0v) is 15.3. The summed E-state index contributed by atoms with van der Waals surface area (Å²) in [5.74, 6) is 1.65. The van der Waals surface area contributed by atoms with Gasteiger partial charge < -0.3 is 15.2 Å². The third-order valence-electron chi connectivity index (χ3n) is 3.98. The van der Waals surface area contributed by atoms with Crippen molar-refractivity contribution < 1.29 is 9.47 Å². The first-order chi connectivity index (χ1) is 11.2. The van der Waals surface area contributed by atoms with E-state index in [1.54, 1.807) is 0 Å². The van der Waals surface area contributed by atoms with Crippen LogP contribution in [0.1, 0.15) is 58.6 Å². The maximum absolute atomic E-state index is 6.08. The fraction of sp³-hybridized carbons (Fsp3) is 0.684. The van der Waals surface area contributed by atoms with Gasteiger partial charge in [0.15, 0.2) is 11.5 Å². The molecule has 0 fully saturated rings. The van der Waals surface area contributed by atoms with E-state index >= 15 is 0 Å². The lowest BCUT2D eigenvalue weighted by Crippen LogP contribution is -2.34. The molecule has 23 heavy (non-hydrogen) atoms. The van der Waals surface area contributed by atoms with Crippen LogP contribution in [0.25, 0.3) is 0 Å². The summed E-state index contributed by atoms with van der Waals surface area (Å²) < 4.78 is 11.6. The molecular weight excluding hydrogens is 288 g/mol. The lowest BCUT2D eigenvalue weighted by atomic mass is 10.0. The van der Waals surface area contributed by atoms with E-state index in [-0.39, 0.29) is 6.04 Å². The second-order valence-electron chi connectivity index (χ2n) is 5.72. The Kier molecular flexibility index (Phi) is 9.72. The Bertz CT molecular complexity index is 437. The average Bonchev–Trinajstić information content (AvgIpc) is 2.58. The summed E-state index contributed by atoms with van der Waals surface area (Å²) in [4.78, 5) is 2.45. The number of rotatable bonds is 12. The van der Waals surface area contributed by atoms with E-state index in [0.29, 0.717) is 19.8 Å². The predicted molar refractivity (Wildman–Crippen MR) is 97.3 cm³/mol. The summed E-state index contributed by atoms with van der Waals surface area (Å²) in [6.07, 6.45) is 3.38. The van der Waals surface area contributed by atoms with Crippen LogP contribution in [0.4, 0.5) is 0 Å². The highest BCUT2D eigenvalue weighted by atomic mass is 16.5. The Balaban J connectivity index is 3.00. The van der Waals surface area contributed by atoms with Crippen LogP contribution in [0, 0.1) is 0 Å². The van der Waals surface area contributed by atoms with Crippen LogP contribution < -0.4 is 15.2 Å². The molecule has 132 valence electrons. The molecule has 1 aromatic rings. The van der Waals surface area contributed by atoms with E-state index in [1.165, 1.54) is 18.4 Å². The van der Waals surface area contributed by atoms with Crippen LogP contribution in [0.5, 0.6) is 11.5 Å². The van der Waals surface area contributed by atoms with Crippen LogP contribution in [0.3, 0.4) is 0 Å². The first kappa shape index (κ1) is 19.8. The molecule has 4 nitrogen and oxygen atoms in total. The van der Waals surface area contributed by atoms with Crippen molar-refractivity contribution in [3.05, 3.63) is 23.8 Å². The average molecular weight is 322 g/mol. The Labute approximate surface area is 142 Å². The van der Waals surface area contributed by atoms with Gasteiger partial charge in [-0.05, 0) is 50.6 Å². The van der Waals surface area contributed by atoms with Gasteiger partial charge in [0.05, 0.1) is 13.2 Å². The SMILES string of the molecule is CCCCN(CC)C(CN)c1ccc(OCCC)c(OCC)c1. The summed E-state index contributed by atoms with van der Waals surface area (Å²) in [5.41, 5.74) is 7.29. The monoisotopic (exact) mass is 322 g/mol. The first-order valence-electron chi connectivity index (χ1n) is 9.05. The van der Waals surface area contributed by atoms with Gasteiger partial charge in [0, 0.05) is 12.6 Å². The Morgan fingerprint density at radius 3 is 2.39 bits per heavy atom. The van der Waals surface area contributed by atoms with Gasteiger partial charge in [0.2, 0.25) is 0 Å². The quantitative estimate of drug-likeness (QED) is 0.632. The minimum Gasteiger partial charge on any atom is -0.490 e. The molecule has 1 rings (SSSR count). The van der Waals surface area contributed by atoms with E-state index in [0.717, 1.165) is 31.0 Å². The van der Waals surface area contributed by atoms with Crippen molar-refractivity contribution in [1.29, 1.82) is 0 Å². The van der Waals surface area contributed by atoms with Crippen molar-refractivity contribution in [3.63, 3.8) is 0 Å². The van der Waals surface area contributed by atoms with Gasteiger partial charge in [0.1, 0.15) is 0 Å². The molecule has 0 heterocycles. The van der Waals surface area contributed by atoms with Crippen molar-refractivity contribution in [2.75, 3.05) is 32.8 Å². The predicted octanol–water partition coefficient (Wildman–Crippen LogP) is 4.00. The summed E-state index contributed by atoms with van der Waals surface area (Å²) >= 11 is 0. The summed E-state index contributed by atoms with van der Waals surface area (Å²) in [6, 6.07) is 6.47. The summed E-state index contributed by atoms with van der Waals surface area (Å²) in [7, 11) is 0. The molecule has 0 aliphatic rings. The third kappa shape index (κ3) is 6.04. The Morgan fingerprint density at radius 1 is 1.04 bits per heavy atom. The number of ether oxygens (including phenoxy) is 2. The van der Waals surface area contributed by atoms with Crippen LogP contribution in [0.2, 0.25) is 0 Å². The van der Waals surface area contributed by atoms with Crippen molar-refractivity contribution in [2.24, 2.45) is 5.73 Å². The third-order valence-corrected chi connectivity index (χ3v) is 3.98. The van der Waals surface area contributed by atoms with Gasteiger partial charge in [-0.3, -0.25) is 4.90 Å². The molecule has 0 saturated heterocycles. The highest BCUT2D eigenvalue weighted by molar-refractivity contribution is 5.44. The van der Waals surface area contributed by atoms with Gasteiger partial charge >= 0.3 is 0 Å². The Morgan fingerprint density at radius 2 is 1.83 bits per heavy atom. The maximum Gasteiger partial charge on any atom is 0.161 e. The molecule has 0 spiro atoms. The standard InChI is InChI=1S/C19H34N2O2/c1-5-9-12-21(7-3)17(15-20)16-10-11-18(23-13-6-2)19(14-16)22-8-4/h10-11,14,17H,5-9,12-13,15,20H2,1-4H3. The molecule has 1 atom stereocenters. The number of nitrogens with zero attached hydrogens (tertiary/aromatic N) is 1. The fourth-order valence-electron chi connectivity index (χ4n) is 2.72. The van der Waals surface area contributed by atoms with Crippen LogP contribution in [-0.4, -0.2) is 37.7 Å². The first-order valence-corrected chi connectivity index (χ1v) is 9.05. The molecule has 0 bridgehead atoms. The van der Waals surface area contributed by atoms with E-state index < -0.39 is 0 Å². The highest BCUT2D eigenvalue weighted by Crippen LogP contribution is 2.32. The van der Waals surface area contributed by atoms with Crippen LogP contribution >= 0.6 is 0 Å². The zero-order valence-electron chi connectivity index (χ0n) is 15.3. The lowest BCUT2D eigenvalue weighted by molar-refractivity contribution is 0.208. The number of unbranched alkanes of at least 4 members (excludes halogenated alkanes) is 1. The number of benzene rings is 1. The topological polar surface area (TPSA) is 47.7 Å². The highest BCUT2D eigenvalue weighted by Gasteiger charge is 2.19. The minimum atomic E-state index is 0.228. The van der Waals surface area contributed by atoms with E-state index in [1.807, 2.05) is 13.0 Å². The molecule has 0 aromatic heterocycles. The molecule has 4 heteroatoms. The number of likely N-dealkylation sites (N-methyl/N-ethyl adjacent to an activating group) is 1. The second kappa shape index (κ2) is 11.3. The zero-order chi connectivity index (χ0) is 17.1. The Hall–Kier alpha value is -1.26. The van der Waals surface area contributed by atoms with Gasteiger partial charge in [-0.15, -0.1) is 0 Å². The number of nitrogens with two attached hydrogens (primary N) is 1. The van der Waals surface area contributed by atoms with Crippen LogP contribution in [-0.2, 0) is 0 Å². The van der Waals surface area contributed by atoms with E-state index in [9.17, 15) is 0 Å². The van der Waals surface area contributed by atoms with E-state index in [4.69, 9.17) is 15.2 Å². The maximum atomic E-state index is 6.08. The summed E-state index contributed by atoms with van der Waals surface area (Å²) in [5, 5.41) is 0. The molecule has 0 aliphatic carbocycles. The largest absolute Gasteiger partial charge is 0.490 e. The normalized spacial score (nSPS) is 12.4. The van der Waals surface area contributed by atoms with Gasteiger partial charge in [-0.2, -0.15) is 0 Å². The van der Waals surface area contributed by atoms with Crippen molar-refractivity contribution in [2.45, 2.75) is 53.0 Å². The molecule has 1 aromatic carbocycles. The minimum absolute atomic E-state index is 0.228. The number of hydrogen-bond acceptors (Lipinski definition) is 4. The molecule has 0 radical (unpaired) electrons. The smallest absolute Gasteiger partial charge is 0.161 e.